The first-order valence-corrected chi connectivity index (χ1v) is 8.63. The Bertz CT molecular complexity index is 531. The fourth-order valence-electron chi connectivity index (χ4n) is 3.42. The summed E-state index contributed by atoms with van der Waals surface area (Å²) < 4.78 is 0. The van der Waals surface area contributed by atoms with E-state index in [1.807, 2.05) is 0 Å². The monoisotopic (exact) mass is 309 g/mol. The molecule has 21 heavy (non-hydrogen) atoms. The Morgan fingerprint density at radius 2 is 2.29 bits per heavy atom. The smallest absolute Gasteiger partial charge is 0.312 e. The van der Waals surface area contributed by atoms with E-state index in [1.165, 1.54) is 4.88 Å². The van der Waals surface area contributed by atoms with Crippen LogP contribution in [0, 0.1) is 0 Å². The van der Waals surface area contributed by atoms with Crippen LogP contribution >= 0.6 is 11.3 Å². The second kappa shape index (κ2) is 5.93. The second-order valence-electron chi connectivity index (χ2n) is 6.01. The highest BCUT2D eigenvalue weighted by Crippen LogP contribution is 2.38. The van der Waals surface area contributed by atoms with Crippen LogP contribution < -0.4 is 4.90 Å². The number of fused-ring (bicyclic) bond motifs is 1. The minimum absolute atomic E-state index is 0.395. The van der Waals surface area contributed by atoms with Crippen LogP contribution in [0.3, 0.4) is 0 Å². The van der Waals surface area contributed by atoms with E-state index < -0.39 is 11.9 Å². The van der Waals surface area contributed by atoms with Gasteiger partial charge in [-0.3, -0.25) is 9.69 Å². The molecular formula is C15H23N3O2S. The molecule has 2 aliphatic rings. The van der Waals surface area contributed by atoms with Crippen molar-refractivity contribution in [1.82, 2.24) is 9.88 Å². The Kier molecular flexibility index (Phi) is 4.17. The Labute approximate surface area is 129 Å². The van der Waals surface area contributed by atoms with Crippen molar-refractivity contribution in [3.05, 3.63) is 10.6 Å². The summed E-state index contributed by atoms with van der Waals surface area (Å²) in [7, 11) is 0. The molecule has 0 amide bonds. The molecule has 1 N–H and O–H groups in total. The highest BCUT2D eigenvalue weighted by molar-refractivity contribution is 7.15. The summed E-state index contributed by atoms with van der Waals surface area (Å²) >= 11 is 1.71. The van der Waals surface area contributed by atoms with Crippen LogP contribution in [0.5, 0.6) is 0 Å². The summed E-state index contributed by atoms with van der Waals surface area (Å²) in [6.45, 7) is 8.57. The van der Waals surface area contributed by atoms with Crippen molar-refractivity contribution in [2.75, 3.05) is 31.1 Å². The Hall–Kier alpha value is -1.14. The van der Waals surface area contributed by atoms with Crippen LogP contribution in [0.25, 0.3) is 0 Å². The van der Waals surface area contributed by atoms with E-state index in [0.717, 1.165) is 56.3 Å². The molecule has 5 nitrogen and oxygen atoms in total. The number of carboxylic acid groups (broad SMARTS) is 1. The van der Waals surface area contributed by atoms with Gasteiger partial charge in [0.25, 0.3) is 0 Å². The first-order chi connectivity index (χ1) is 10.1. The molecule has 0 aromatic carbocycles. The zero-order valence-electron chi connectivity index (χ0n) is 12.7. The zero-order chi connectivity index (χ0) is 15.0. The number of likely N-dealkylation sites (N-methyl/N-ethyl adjacent to an activating group) is 1. The normalized spacial score (nSPS) is 26.7. The predicted molar refractivity (Wildman–Crippen MR) is 84.4 cm³/mol. The van der Waals surface area contributed by atoms with Crippen molar-refractivity contribution in [2.45, 2.75) is 45.1 Å². The molecule has 1 fully saturated rings. The number of anilines is 1. The lowest BCUT2D eigenvalue weighted by Crippen LogP contribution is -2.51. The Morgan fingerprint density at radius 3 is 2.95 bits per heavy atom. The van der Waals surface area contributed by atoms with Gasteiger partial charge >= 0.3 is 5.97 Å². The molecule has 2 heterocycles. The van der Waals surface area contributed by atoms with Crippen LogP contribution in [0.15, 0.2) is 0 Å². The Morgan fingerprint density at radius 1 is 1.48 bits per heavy atom. The fourth-order valence-corrected chi connectivity index (χ4v) is 4.62. The molecule has 0 saturated carbocycles. The molecule has 2 atom stereocenters. The lowest BCUT2D eigenvalue weighted by Gasteiger charge is -2.39. The summed E-state index contributed by atoms with van der Waals surface area (Å²) in [6.07, 6.45) is 2.68. The molecule has 3 rings (SSSR count). The largest absolute Gasteiger partial charge is 0.481 e. The van der Waals surface area contributed by atoms with Gasteiger partial charge in [0, 0.05) is 30.6 Å². The molecule has 1 aromatic heterocycles. The number of carboxylic acids is 1. The van der Waals surface area contributed by atoms with Crippen molar-refractivity contribution in [3.8, 4) is 0 Å². The maximum Gasteiger partial charge on any atom is 0.312 e. The van der Waals surface area contributed by atoms with Crippen molar-refractivity contribution in [3.63, 3.8) is 0 Å². The minimum Gasteiger partial charge on any atom is -0.481 e. The number of aliphatic carboxylic acids is 1. The van der Waals surface area contributed by atoms with Crippen molar-refractivity contribution in [1.29, 1.82) is 0 Å². The minimum atomic E-state index is -0.725. The van der Waals surface area contributed by atoms with E-state index in [0.29, 0.717) is 6.04 Å². The molecule has 1 saturated heterocycles. The van der Waals surface area contributed by atoms with E-state index in [-0.39, 0.29) is 0 Å². The number of rotatable bonds is 3. The van der Waals surface area contributed by atoms with Crippen molar-refractivity contribution >= 4 is 22.4 Å². The van der Waals surface area contributed by atoms with Crippen molar-refractivity contribution < 1.29 is 9.90 Å². The van der Waals surface area contributed by atoms with Gasteiger partial charge in [0.2, 0.25) is 0 Å². The van der Waals surface area contributed by atoms with Gasteiger partial charge in [0.1, 0.15) is 5.92 Å². The number of piperazine rings is 1. The van der Waals surface area contributed by atoms with Gasteiger partial charge in [-0.25, -0.2) is 4.98 Å². The van der Waals surface area contributed by atoms with Crippen LogP contribution in [0.1, 0.15) is 43.2 Å². The summed E-state index contributed by atoms with van der Waals surface area (Å²) in [5.41, 5.74) is 0.833. The van der Waals surface area contributed by atoms with Gasteiger partial charge in [0.15, 0.2) is 5.13 Å². The average molecular weight is 309 g/mol. The van der Waals surface area contributed by atoms with Crippen LogP contribution in [-0.4, -0.2) is 53.2 Å². The number of thiazole rings is 1. The molecule has 0 radical (unpaired) electrons. The first-order valence-electron chi connectivity index (χ1n) is 7.81. The number of aromatic nitrogens is 1. The van der Waals surface area contributed by atoms with Gasteiger partial charge in [-0.05, 0) is 32.7 Å². The standard InChI is InChI=1S/C15H23N3O2S/c1-3-17-7-8-18(9-10(17)2)15-16-13-11(14(19)20)5-4-6-12(13)21-15/h10-11H,3-9H2,1-2H3,(H,19,20). The maximum atomic E-state index is 11.4. The highest BCUT2D eigenvalue weighted by atomic mass is 32.1. The topological polar surface area (TPSA) is 56.7 Å². The van der Waals surface area contributed by atoms with Gasteiger partial charge in [-0.2, -0.15) is 0 Å². The molecule has 6 heteroatoms. The van der Waals surface area contributed by atoms with Crippen molar-refractivity contribution in [2.24, 2.45) is 0 Å². The van der Waals surface area contributed by atoms with Crippen LogP contribution in [-0.2, 0) is 11.2 Å². The van der Waals surface area contributed by atoms with Gasteiger partial charge in [0.05, 0.1) is 5.69 Å². The third kappa shape index (κ3) is 2.79. The summed E-state index contributed by atoms with van der Waals surface area (Å²) in [5.74, 6) is -1.12. The predicted octanol–water partition coefficient (Wildman–Crippen LogP) is 2.18. The average Bonchev–Trinajstić information content (AvgIpc) is 2.90. The SMILES string of the molecule is CCN1CCN(c2nc3c(s2)CCCC3C(=O)O)CC1C. The van der Waals surface area contributed by atoms with E-state index in [2.05, 4.69) is 23.6 Å². The highest BCUT2D eigenvalue weighted by Gasteiger charge is 2.32. The second-order valence-corrected chi connectivity index (χ2v) is 7.07. The quantitative estimate of drug-likeness (QED) is 0.927. The van der Waals surface area contributed by atoms with Crippen LogP contribution in [0.2, 0.25) is 0 Å². The zero-order valence-corrected chi connectivity index (χ0v) is 13.5. The van der Waals surface area contributed by atoms with E-state index >= 15 is 0 Å². The molecule has 116 valence electrons. The number of hydrogen-bond donors (Lipinski definition) is 1. The van der Waals surface area contributed by atoms with Crippen LogP contribution in [0.4, 0.5) is 5.13 Å². The first kappa shape index (κ1) is 14.8. The van der Waals surface area contributed by atoms with Gasteiger partial charge in [-0.15, -0.1) is 11.3 Å². The van der Waals surface area contributed by atoms with Gasteiger partial charge < -0.3 is 10.0 Å². The van der Waals surface area contributed by atoms with E-state index in [9.17, 15) is 9.90 Å². The summed E-state index contributed by atoms with van der Waals surface area (Å²) in [4.78, 5) is 22.1. The number of nitrogens with zero attached hydrogens (tertiary/aromatic N) is 3. The Balaban J connectivity index is 1.80. The molecule has 1 aromatic rings. The van der Waals surface area contributed by atoms with Gasteiger partial charge in [-0.1, -0.05) is 6.92 Å². The van der Waals surface area contributed by atoms with E-state index in [4.69, 9.17) is 4.98 Å². The lowest BCUT2D eigenvalue weighted by atomic mass is 9.91. The molecule has 0 spiro atoms. The molecule has 0 bridgehead atoms. The molecular weight excluding hydrogens is 286 g/mol. The summed E-state index contributed by atoms with van der Waals surface area (Å²) in [6, 6.07) is 0.528. The van der Waals surface area contributed by atoms with E-state index in [1.54, 1.807) is 11.3 Å². The molecule has 1 aliphatic heterocycles. The third-order valence-corrected chi connectivity index (χ3v) is 5.87. The number of hydrogen-bond acceptors (Lipinski definition) is 5. The fraction of sp³-hybridized carbons (Fsp3) is 0.733. The molecule has 2 unspecified atom stereocenters. The third-order valence-electron chi connectivity index (χ3n) is 4.68. The molecule has 1 aliphatic carbocycles. The number of aryl methyl sites for hydroxylation is 1. The summed E-state index contributed by atoms with van der Waals surface area (Å²) in [5, 5.41) is 10.4. The maximum absolute atomic E-state index is 11.4. The number of carbonyl (C=O) groups is 1. The lowest BCUT2D eigenvalue weighted by molar-refractivity contribution is -0.139.